The molecule has 0 radical (unpaired) electrons. The smallest absolute Gasteiger partial charge is 0.311 e. The SMILES string of the molecule is CCCC(=O)Oc1c(C(C)c2cc(C(C)(C)CC(C)(C)C)cc(C(C)(C)c3ccccc3)c2O)cc(C(C)(C)CC(C)(C)C)cc1C(C)(C)c1ccccc1. The maximum Gasteiger partial charge on any atom is 0.311 e. The average Bonchev–Trinajstić information content (AvgIpc) is 3.06. The number of carbonyl (C=O) groups is 1. The van der Waals surface area contributed by atoms with Gasteiger partial charge in [0.1, 0.15) is 11.5 Å². The van der Waals surface area contributed by atoms with Crippen molar-refractivity contribution in [3.63, 3.8) is 0 Å². The molecule has 55 heavy (non-hydrogen) atoms. The van der Waals surface area contributed by atoms with Crippen molar-refractivity contribution < 1.29 is 14.6 Å². The van der Waals surface area contributed by atoms with Gasteiger partial charge >= 0.3 is 5.97 Å². The number of hydrogen-bond acceptors (Lipinski definition) is 3. The van der Waals surface area contributed by atoms with E-state index in [1.165, 1.54) is 11.1 Å². The molecule has 4 aromatic carbocycles. The number of rotatable bonds is 13. The van der Waals surface area contributed by atoms with Gasteiger partial charge in [0, 0.05) is 45.4 Å². The molecule has 0 heterocycles. The Kier molecular flexibility index (Phi) is 12.7. The number of phenols is 1. The highest BCUT2D eigenvalue weighted by molar-refractivity contribution is 5.74. The molecule has 0 spiro atoms. The fourth-order valence-electron chi connectivity index (χ4n) is 9.21. The van der Waals surface area contributed by atoms with E-state index in [2.05, 4.69) is 177 Å². The van der Waals surface area contributed by atoms with Gasteiger partial charge in [-0.1, -0.05) is 196 Å². The summed E-state index contributed by atoms with van der Waals surface area (Å²) in [5.41, 5.74) is 7.15. The van der Waals surface area contributed by atoms with Crippen molar-refractivity contribution in [2.45, 2.75) is 164 Å². The van der Waals surface area contributed by atoms with Crippen LogP contribution in [0.25, 0.3) is 0 Å². The summed E-state index contributed by atoms with van der Waals surface area (Å²) in [6.45, 7) is 36.2. The molecule has 3 heteroatoms. The quantitative estimate of drug-likeness (QED) is 0.110. The second-order valence-corrected chi connectivity index (χ2v) is 21.1. The lowest BCUT2D eigenvalue weighted by molar-refractivity contribution is -0.134. The molecule has 4 aromatic rings. The van der Waals surface area contributed by atoms with Crippen LogP contribution in [0, 0.1) is 10.8 Å². The minimum Gasteiger partial charge on any atom is -0.507 e. The first-order chi connectivity index (χ1) is 25.2. The summed E-state index contributed by atoms with van der Waals surface area (Å²) in [4.78, 5) is 13.7. The molecular formula is C52H72O3. The molecule has 0 fully saturated rings. The van der Waals surface area contributed by atoms with Crippen LogP contribution in [0.5, 0.6) is 11.5 Å². The largest absolute Gasteiger partial charge is 0.507 e. The van der Waals surface area contributed by atoms with E-state index in [1.807, 2.05) is 19.1 Å². The summed E-state index contributed by atoms with van der Waals surface area (Å²) in [7, 11) is 0. The van der Waals surface area contributed by atoms with Crippen LogP contribution in [0.4, 0.5) is 0 Å². The number of esters is 1. The van der Waals surface area contributed by atoms with Gasteiger partial charge in [-0.25, -0.2) is 0 Å². The predicted octanol–water partition coefficient (Wildman–Crippen LogP) is 14.3. The third-order valence-corrected chi connectivity index (χ3v) is 11.7. The molecule has 0 saturated carbocycles. The van der Waals surface area contributed by atoms with Gasteiger partial charge in [0.25, 0.3) is 0 Å². The van der Waals surface area contributed by atoms with Crippen LogP contribution in [0.1, 0.15) is 187 Å². The topological polar surface area (TPSA) is 46.5 Å². The first kappa shape index (κ1) is 43.9. The summed E-state index contributed by atoms with van der Waals surface area (Å²) in [6, 6.07) is 30.1. The van der Waals surface area contributed by atoms with Crippen molar-refractivity contribution in [3.05, 3.63) is 129 Å². The Morgan fingerprint density at radius 2 is 0.982 bits per heavy atom. The van der Waals surface area contributed by atoms with Crippen LogP contribution in [0.2, 0.25) is 0 Å². The monoisotopic (exact) mass is 745 g/mol. The zero-order valence-electron chi connectivity index (χ0n) is 37.3. The lowest BCUT2D eigenvalue weighted by Crippen LogP contribution is -2.28. The van der Waals surface area contributed by atoms with Gasteiger partial charge in [-0.2, -0.15) is 0 Å². The Hall–Kier alpha value is -3.85. The number of phenolic OH excluding ortho intramolecular Hbond substituents is 1. The zero-order chi connectivity index (χ0) is 41.4. The summed E-state index contributed by atoms with van der Waals surface area (Å²) in [6.07, 6.45) is 2.95. The highest BCUT2D eigenvalue weighted by Crippen LogP contribution is 2.51. The van der Waals surface area contributed by atoms with Gasteiger partial charge in [-0.15, -0.1) is 0 Å². The van der Waals surface area contributed by atoms with Crippen LogP contribution >= 0.6 is 0 Å². The van der Waals surface area contributed by atoms with Crippen LogP contribution in [0.3, 0.4) is 0 Å². The second kappa shape index (κ2) is 16.0. The zero-order valence-corrected chi connectivity index (χ0v) is 37.3. The van der Waals surface area contributed by atoms with Crippen LogP contribution in [-0.4, -0.2) is 11.1 Å². The lowest BCUT2D eigenvalue weighted by Gasteiger charge is -2.38. The minimum atomic E-state index is -0.496. The Morgan fingerprint density at radius 3 is 1.40 bits per heavy atom. The lowest BCUT2D eigenvalue weighted by atomic mass is 9.67. The fraction of sp³-hybridized carbons (Fsp3) is 0.519. The summed E-state index contributed by atoms with van der Waals surface area (Å²) < 4.78 is 6.59. The van der Waals surface area contributed by atoms with Crippen molar-refractivity contribution in [1.82, 2.24) is 0 Å². The second-order valence-electron chi connectivity index (χ2n) is 21.1. The van der Waals surface area contributed by atoms with E-state index in [9.17, 15) is 9.90 Å². The number of aromatic hydroxyl groups is 1. The first-order valence-corrected chi connectivity index (χ1v) is 20.6. The minimum absolute atomic E-state index is 0.0831. The molecule has 0 aliphatic rings. The fourth-order valence-corrected chi connectivity index (χ4v) is 9.21. The summed E-state index contributed by atoms with van der Waals surface area (Å²) >= 11 is 0. The molecule has 0 aliphatic heterocycles. The molecule has 0 aliphatic carbocycles. The number of benzene rings is 4. The van der Waals surface area contributed by atoms with Gasteiger partial charge in [0.2, 0.25) is 0 Å². The third-order valence-electron chi connectivity index (χ3n) is 11.7. The van der Waals surface area contributed by atoms with E-state index in [0.717, 1.165) is 46.2 Å². The first-order valence-electron chi connectivity index (χ1n) is 20.6. The molecule has 1 unspecified atom stereocenters. The summed E-state index contributed by atoms with van der Waals surface area (Å²) in [5, 5.41) is 12.7. The van der Waals surface area contributed by atoms with Crippen LogP contribution in [0.15, 0.2) is 84.9 Å². The Morgan fingerprint density at radius 1 is 0.582 bits per heavy atom. The van der Waals surface area contributed by atoms with Gasteiger partial charge in [-0.05, 0) is 63.2 Å². The molecule has 4 rings (SSSR count). The Bertz CT molecular complexity index is 1930. The van der Waals surface area contributed by atoms with Crippen molar-refractivity contribution >= 4 is 5.97 Å². The third kappa shape index (κ3) is 10.1. The van der Waals surface area contributed by atoms with Crippen LogP contribution < -0.4 is 4.74 Å². The van der Waals surface area contributed by atoms with E-state index in [4.69, 9.17) is 4.74 Å². The van der Waals surface area contributed by atoms with E-state index in [0.29, 0.717) is 24.3 Å². The normalized spacial score (nSPS) is 13.8. The van der Waals surface area contributed by atoms with Crippen molar-refractivity contribution in [2.24, 2.45) is 10.8 Å². The van der Waals surface area contributed by atoms with Crippen molar-refractivity contribution in [2.75, 3.05) is 0 Å². The molecule has 1 N–H and O–H groups in total. The van der Waals surface area contributed by atoms with Gasteiger partial charge in [-0.3, -0.25) is 4.79 Å². The molecule has 0 amide bonds. The Labute approximate surface area is 335 Å². The van der Waals surface area contributed by atoms with Gasteiger partial charge < -0.3 is 9.84 Å². The average molecular weight is 745 g/mol. The van der Waals surface area contributed by atoms with Gasteiger partial charge in [0.15, 0.2) is 0 Å². The molecule has 0 bridgehead atoms. The van der Waals surface area contributed by atoms with Crippen LogP contribution in [-0.2, 0) is 26.5 Å². The Balaban J connectivity index is 2.16. The van der Waals surface area contributed by atoms with E-state index >= 15 is 0 Å². The predicted molar refractivity (Wildman–Crippen MR) is 234 cm³/mol. The number of hydrogen-bond donors (Lipinski definition) is 1. The van der Waals surface area contributed by atoms with E-state index in [-0.39, 0.29) is 33.5 Å². The molecule has 0 aromatic heterocycles. The molecule has 1 atom stereocenters. The molecule has 298 valence electrons. The van der Waals surface area contributed by atoms with Crippen molar-refractivity contribution in [1.29, 1.82) is 0 Å². The summed E-state index contributed by atoms with van der Waals surface area (Å²) in [5.74, 6) is 0.359. The highest BCUT2D eigenvalue weighted by Gasteiger charge is 2.38. The number of carbonyl (C=O) groups excluding carboxylic acids is 1. The maximum atomic E-state index is 13.7. The van der Waals surface area contributed by atoms with Gasteiger partial charge in [0.05, 0.1) is 0 Å². The molecule has 3 nitrogen and oxygen atoms in total. The maximum absolute atomic E-state index is 13.7. The van der Waals surface area contributed by atoms with Crippen molar-refractivity contribution in [3.8, 4) is 11.5 Å². The van der Waals surface area contributed by atoms with E-state index in [1.54, 1.807) is 0 Å². The highest BCUT2D eigenvalue weighted by atomic mass is 16.5. The molecule has 0 saturated heterocycles. The standard InChI is InChI=1S/C52H72O3/c1-17-24-44(53)55-46-41(30-39(50(11,12)34-48(6,7)8)32-43(46)52(15,16)37-27-22-19-23-28-37)35(2)40-29-38(49(9,10)33-47(3,4)5)31-42(45(40)54)51(13,14)36-25-20-18-21-26-36/h18-23,25-32,35,54H,17,24,33-34H2,1-16H3. The number of ether oxygens (including phenoxy) is 1. The molecular weight excluding hydrogens is 673 g/mol. The van der Waals surface area contributed by atoms with E-state index < -0.39 is 10.8 Å².